The summed E-state index contributed by atoms with van der Waals surface area (Å²) in [6.45, 7) is 0. The maximum absolute atomic E-state index is 5.41. The Morgan fingerprint density at radius 2 is 2.41 bits per heavy atom. The molecule has 0 radical (unpaired) electrons. The van der Waals surface area contributed by atoms with Crippen molar-refractivity contribution >= 4 is 11.3 Å². The lowest BCUT2D eigenvalue weighted by atomic mass is 10.0. The van der Waals surface area contributed by atoms with Crippen molar-refractivity contribution in [3.8, 4) is 10.7 Å². The van der Waals surface area contributed by atoms with Crippen molar-refractivity contribution in [3.63, 3.8) is 0 Å². The first kappa shape index (κ1) is 10.9. The molecule has 5 heteroatoms. The van der Waals surface area contributed by atoms with Crippen molar-refractivity contribution in [2.45, 2.75) is 31.2 Å². The van der Waals surface area contributed by atoms with Gasteiger partial charge < -0.3 is 9.84 Å². The molecule has 2 atom stereocenters. The third-order valence-electron chi connectivity index (χ3n) is 3.39. The molecule has 1 aliphatic carbocycles. The first-order chi connectivity index (χ1) is 8.38. The van der Waals surface area contributed by atoms with E-state index in [-0.39, 0.29) is 0 Å². The normalized spacial score (nSPS) is 24.3. The predicted octanol–water partition coefficient (Wildman–Crippen LogP) is 2.65. The summed E-state index contributed by atoms with van der Waals surface area (Å²) in [5.41, 5.74) is 0. The van der Waals surface area contributed by atoms with Crippen LogP contribution in [0.3, 0.4) is 0 Å². The second-order valence-corrected chi connectivity index (χ2v) is 5.31. The second-order valence-electron chi connectivity index (χ2n) is 4.37. The molecule has 0 bridgehead atoms. The van der Waals surface area contributed by atoms with Crippen LogP contribution in [0.2, 0.25) is 0 Å². The molecule has 0 saturated heterocycles. The van der Waals surface area contributed by atoms with Gasteiger partial charge in [0.2, 0.25) is 11.7 Å². The number of hydrogen-bond donors (Lipinski definition) is 1. The third-order valence-corrected chi connectivity index (χ3v) is 4.25. The first-order valence-electron chi connectivity index (χ1n) is 5.93. The van der Waals surface area contributed by atoms with E-state index < -0.39 is 0 Å². The van der Waals surface area contributed by atoms with Crippen molar-refractivity contribution in [1.82, 2.24) is 15.5 Å². The average Bonchev–Trinajstić information content (AvgIpc) is 3.09. The number of hydrogen-bond acceptors (Lipinski definition) is 5. The fourth-order valence-corrected chi connectivity index (χ4v) is 3.14. The summed E-state index contributed by atoms with van der Waals surface area (Å²) < 4.78 is 5.41. The summed E-state index contributed by atoms with van der Waals surface area (Å²) >= 11 is 1.64. The van der Waals surface area contributed by atoms with E-state index in [2.05, 4.69) is 15.5 Å². The van der Waals surface area contributed by atoms with Gasteiger partial charge in [0.15, 0.2) is 0 Å². The third kappa shape index (κ3) is 2.00. The Morgan fingerprint density at radius 3 is 3.18 bits per heavy atom. The van der Waals surface area contributed by atoms with Gasteiger partial charge in [-0.15, -0.1) is 11.3 Å². The molecule has 0 spiro atoms. The van der Waals surface area contributed by atoms with E-state index >= 15 is 0 Å². The van der Waals surface area contributed by atoms with Gasteiger partial charge >= 0.3 is 0 Å². The van der Waals surface area contributed by atoms with Crippen LogP contribution in [-0.4, -0.2) is 23.2 Å². The van der Waals surface area contributed by atoms with Gasteiger partial charge in [0.1, 0.15) is 0 Å². The van der Waals surface area contributed by atoms with Gasteiger partial charge in [-0.2, -0.15) is 4.98 Å². The Balaban J connectivity index is 1.85. The molecule has 2 aromatic rings. The van der Waals surface area contributed by atoms with Crippen LogP contribution in [0.1, 0.15) is 31.1 Å². The lowest BCUT2D eigenvalue weighted by molar-refractivity contribution is 0.335. The quantitative estimate of drug-likeness (QED) is 0.908. The largest absolute Gasteiger partial charge is 0.339 e. The minimum absolute atomic E-state index is 0.376. The van der Waals surface area contributed by atoms with Crippen molar-refractivity contribution in [2.24, 2.45) is 0 Å². The van der Waals surface area contributed by atoms with Crippen LogP contribution >= 0.6 is 11.3 Å². The molecular formula is C12H15N3OS. The van der Waals surface area contributed by atoms with Gasteiger partial charge in [0.05, 0.1) is 10.8 Å². The molecule has 1 fully saturated rings. The monoisotopic (exact) mass is 249 g/mol. The van der Waals surface area contributed by atoms with Crippen LogP contribution < -0.4 is 5.32 Å². The van der Waals surface area contributed by atoms with E-state index in [9.17, 15) is 0 Å². The topological polar surface area (TPSA) is 51.0 Å². The van der Waals surface area contributed by atoms with Crippen LogP contribution in [-0.2, 0) is 0 Å². The van der Waals surface area contributed by atoms with Gasteiger partial charge in [-0.25, -0.2) is 0 Å². The van der Waals surface area contributed by atoms with E-state index in [1.54, 1.807) is 11.3 Å². The Morgan fingerprint density at radius 1 is 1.47 bits per heavy atom. The molecule has 2 aromatic heterocycles. The van der Waals surface area contributed by atoms with Gasteiger partial charge in [0.25, 0.3) is 0 Å². The Hall–Kier alpha value is -1.20. The van der Waals surface area contributed by atoms with E-state index in [0.29, 0.717) is 12.0 Å². The fourth-order valence-electron chi connectivity index (χ4n) is 2.49. The molecule has 2 unspecified atom stereocenters. The van der Waals surface area contributed by atoms with Crippen molar-refractivity contribution in [1.29, 1.82) is 0 Å². The van der Waals surface area contributed by atoms with Gasteiger partial charge in [-0.05, 0) is 31.3 Å². The maximum Gasteiger partial charge on any atom is 0.231 e. The molecule has 17 heavy (non-hydrogen) atoms. The van der Waals surface area contributed by atoms with Crippen LogP contribution in [0.4, 0.5) is 0 Å². The highest BCUT2D eigenvalue weighted by molar-refractivity contribution is 7.13. The SMILES string of the molecule is CNC1CCCC1c1nc(-c2cccs2)no1. The van der Waals surface area contributed by atoms with Crippen molar-refractivity contribution < 1.29 is 4.52 Å². The van der Waals surface area contributed by atoms with Gasteiger partial charge in [0, 0.05) is 6.04 Å². The number of rotatable bonds is 3. The molecule has 0 aliphatic heterocycles. The van der Waals surface area contributed by atoms with Crippen molar-refractivity contribution in [3.05, 3.63) is 23.4 Å². The van der Waals surface area contributed by atoms with Crippen LogP contribution in [0.5, 0.6) is 0 Å². The van der Waals surface area contributed by atoms with E-state index in [0.717, 1.165) is 23.0 Å². The molecule has 1 N–H and O–H groups in total. The molecule has 0 aromatic carbocycles. The van der Waals surface area contributed by atoms with Crippen LogP contribution in [0, 0.1) is 0 Å². The number of nitrogens with zero attached hydrogens (tertiary/aromatic N) is 2. The molecule has 2 heterocycles. The minimum atomic E-state index is 0.376. The highest BCUT2D eigenvalue weighted by atomic mass is 32.1. The summed E-state index contributed by atoms with van der Waals surface area (Å²) in [6.07, 6.45) is 3.56. The summed E-state index contributed by atoms with van der Waals surface area (Å²) in [5, 5.41) is 9.42. The number of nitrogens with one attached hydrogen (secondary N) is 1. The summed E-state index contributed by atoms with van der Waals surface area (Å²) in [6, 6.07) is 4.50. The number of thiophene rings is 1. The standard InChI is InChI=1S/C12H15N3OS/c1-13-9-5-2-4-8(9)12-14-11(15-16-12)10-6-3-7-17-10/h3,6-9,13H,2,4-5H2,1H3. The second kappa shape index (κ2) is 4.58. The van der Waals surface area contributed by atoms with E-state index in [4.69, 9.17) is 4.52 Å². The van der Waals surface area contributed by atoms with Crippen molar-refractivity contribution in [2.75, 3.05) is 7.05 Å². The lowest BCUT2D eigenvalue weighted by Crippen LogP contribution is -2.27. The zero-order chi connectivity index (χ0) is 11.7. The summed E-state index contributed by atoms with van der Waals surface area (Å²) in [7, 11) is 2.00. The minimum Gasteiger partial charge on any atom is -0.339 e. The summed E-state index contributed by atoms with van der Waals surface area (Å²) in [4.78, 5) is 5.59. The molecule has 90 valence electrons. The molecule has 1 aliphatic rings. The predicted molar refractivity (Wildman–Crippen MR) is 67.1 cm³/mol. The Labute approximate surface area is 104 Å². The average molecular weight is 249 g/mol. The zero-order valence-corrected chi connectivity index (χ0v) is 10.5. The molecule has 1 saturated carbocycles. The first-order valence-corrected chi connectivity index (χ1v) is 6.81. The van der Waals surface area contributed by atoms with E-state index in [1.807, 2.05) is 24.6 Å². The summed E-state index contributed by atoms with van der Waals surface area (Å²) in [5.74, 6) is 1.88. The Bertz CT molecular complexity index is 480. The fraction of sp³-hybridized carbons (Fsp3) is 0.500. The van der Waals surface area contributed by atoms with E-state index in [1.165, 1.54) is 12.8 Å². The molecular weight excluding hydrogens is 234 g/mol. The zero-order valence-electron chi connectivity index (χ0n) is 9.72. The highest BCUT2D eigenvalue weighted by Crippen LogP contribution is 2.34. The molecule has 4 nitrogen and oxygen atoms in total. The number of aromatic nitrogens is 2. The van der Waals surface area contributed by atoms with Crippen LogP contribution in [0.15, 0.2) is 22.0 Å². The smallest absolute Gasteiger partial charge is 0.231 e. The molecule has 0 amide bonds. The van der Waals surface area contributed by atoms with Gasteiger partial charge in [-0.3, -0.25) is 0 Å². The number of likely N-dealkylation sites (N-methyl/N-ethyl adjacent to an activating group) is 1. The Kier molecular flexibility index (Phi) is 2.94. The van der Waals surface area contributed by atoms with Gasteiger partial charge in [-0.1, -0.05) is 17.6 Å². The molecule has 3 rings (SSSR count). The maximum atomic E-state index is 5.41. The highest BCUT2D eigenvalue weighted by Gasteiger charge is 2.31. The van der Waals surface area contributed by atoms with Crippen LogP contribution in [0.25, 0.3) is 10.7 Å². The lowest BCUT2D eigenvalue weighted by Gasteiger charge is -2.14.